The van der Waals surface area contributed by atoms with Crippen LogP contribution >= 0.6 is 0 Å². The number of nitro benzene ring substituents is 4. The number of hydrogen-bond acceptors (Lipinski definition) is 11. The number of benzene rings is 3. The second kappa shape index (κ2) is 8.12. The highest BCUT2D eigenvalue weighted by atomic mass is 16.6. The Morgan fingerprint density at radius 1 is 0.676 bits per heavy atom. The van der Waals surface area contributed by atoms with Crippen molar-refractivity contribution in [2.75, 3.05) is 0 Å². The van der Waals surface area contributed by atoms with Crippen LogP contribution < -0.4 is 0 Å². The van der Waals surface area contributed by atoms with E-state index in [-0.39, 0.29) is 22.6 Å². The Bertz CT molecular complexity index is 1590. The highest BCUT2D eigenvalue weighted by molar-refractivity contribution is 6.19. The predicted octanol–water partition coefficient (Wildman–Crippen LogP) is 4.06. The molecule has 0 aromatic heterocycles. The predicted molar refractivity (Wildman–Crippen MR) is 124 cm³/mol. The summed E-state index contributed by atoms with van der Waals surface area (Å²) in [7, 11) is 0. The summed E-state index contributed by atoms with van der Waals surface area (Å²) in [5.74, 6) is -1.22. The number of esters is 1. The van der Waals surface area contributed by atoms with Gasteiger partial charge in [0.05, 0.1) is 43.0 Å². The van der Waals surface area contributed by atoms with Crippen LogP contribution in [0.4, 0.5) is 22.7 Å². The van der Waals surface area contributed by atoms with Gasteiger partial charge in [-0.15, -0.1) is 0 Å². The van der Waals surface area contributed by atoms with Gasteiger partial charge in [-0.05, 0) is 12.1 Å². The maximum Gasteiger partial charge on any atom is 0.364 e. The highest BCUT2D eigenvalue weighted by Crippen LogP contribution is 2.55. The van der Waals surface area contributed by atoms with Crippen LogP contribution in [0.2, 0.25) is 0 Å². The monoisotopic (exact) mass is 503 g/mol. The van der Waals surface area contributed by atoms with Gasteiger partial charge in [-0.25, -0.2) is 9.79 Å². The minimum atomic E-state index is -1.06. The number of nitro groups is 4. The van der Waals surface area contributed by atoms with Crippen molar-refractivity contribution < 1.29 is 29.2 Å². The Morgan fingerprint density at radius 3 is 1.59 bits per heavy atom. The molecule has 0 saturated carbocycles. The highest BCUT2D eigenvalue weighted by Gasteiger charge is 2.43. The van der Waals surface area contributed by atoms with Gasteiger partial charge in [-0.3, -0.25) is 40.5 Å². The average molecular weight is 503 g/mol. The molecule has 2 aliphatic rings. The smallest absolute Gasteiger partial charge is 0.364 e. The fraction of sp³-hybridized carbons (Fsp3) is 0. The van der Waals surface area contributed by atoms with Crippen LogP contribution in [0.5, 0.6) is 0 Å². The zero-order valence-electron chi connectivity index (χ0n) is 18.0. The molecule has 1 aliphatic carbocycles. The normalized spacial score (nSPS) is 13.5. The van der Waals surface area contributed by atoms with Crippen molar-refractivity contribution in [2.45, 2.75) is 0 Å². The lowest BCUT2D eigenvalue weighted by atomic mass is 10.0. The first-order valence-corrected chi connectivity index (χ1v) is 10.1. The van der Waals surface area contributed by atoms with Gasteiger partial charge in [0, 0.05) is 34.4 Å². The summed E-state index contributed by atoms with van der Waals surface area (Å²) in [6.45, 7) is 0. The summed E-state index contributed by atoms with van der Waals surface area (Å²) >= 11 is 0. The van der Waals surface area contributed by atoms with Crippen LogP contribution in [-0.4, -0.2) is 31.6 Å². The van der Waals surface area contributed by atoms with Crippen molar-refractivity contribution in [3.05, 3.63) is 117 Å². The summed E-state index contributed by atoms with van der Waals surface area (Å²) in [6.07, 6.45) is 0. The fourth-order valence-corrected chi connectivity index (χ4v) is 4.21. The Kier molecular flexibility index (Phi) is 5.03. The second-order valence-electron chi connectivity index (χ2n) is 7.70. The molecule has 0 bridgehead atoms. The van der Waals surface area contributed by atoms with Gasteiger partial charge in [0.25, 0.3) is 22.7 Å². The molecule has 1 aliphatic heterocycles. The third-order valence-corrected chi connectivity index (χ3v) is 5.66. The van der Waals surface area contributed by atoms with E-state index in [1.54, 1.807) is 30.3 Å². The molecule has 1 heterocycles. The maximum atomic E-state index is 12.9. The number of nitrogens with zero attached hydrogens (tertiary/aromatic N) is 5. The number of ether oxygens (including phenoxy) is 1. The number of rotatable bonds is 5. The third kappa shape index (κ3) is 3.54. The van der Waals surface area contributed by atoms with E-state index in [0.717, 1.165) is 12.1 Å². The van der Waals surface area contributed by atoms with E-state index < -0.39 is 65.2 Å². The number of carbonyl (C=O) groups is 1. The first-order chi connectivity index (χ1) is 17.6. The maximum absolute atomic E-state index is 12.9. The summed E-state index contributed by atoms with van der Waals surface area (Å²) in [5.41, 5.74) is -5.05. The standard InChI is InChI=1S/C22H9N5O10/c28-22-20(23-21(37-22)10-4-2-1-3-5-10)17-13-6-11(24(29)30)8-15(26(33)34)18(13)19-14(17)7-12(25(31)32)9-16(19)27(35)36/h1-9H. The number of aliphatic imine (C=N–C) groups is 1. The number of hydrogen-bond donors (Lipinski definition) is 0. The van der Waals surface area contributed by atoms with Crippen molar-refractivity contribution in [2.24, 2.45) is 4.99 Å². The van der Waals surface area contributed by atoms with Crippen molar-refractivity contribution in [1.29, 1.82) is 0 Å². The zero-order valence-corrected chi connectivity index (χ0v) is 18.0. The van der Waals surface area contributed by atoms with Gasteiger partial charge in [0.15, 0.2) is 5.70 Å². The molecule has 182 valence electrons. The minimum Gasteiger partial charge on any atom is -0.402 e. The quantitative estimate of drug-likeness (QED) is 0.165. The molecule has 0 spiro atoms. The molecule has 15 nitrogen and oxygen atoms in total. The minimum absolute atomic E-state index is 0.164. The van der Waals surface area contributed by atoms with Crippen LogP contribution in [0.3, 0.4) is 0 Å². The van der Waals surface area contributed by atoms with E-state index in [1.165, 1.54) is 0 Å². The Labute approximate surface area is 203 Å². The van der Waals surface area contributed by atoms with Crippen LogP contribution in [0.25, 0.3) is 16.7 Å². The molecule has 0 N–H and O–H groups in total. The van der Waals surface area contributed by atoms with Crippen molar-refractivity contribution in [1.82, 2.24) is 0 Å². The Hall–Kier alpha value is -5.86. The molecular formula is C22H9N5O10. The Morgan fingerprint density at radius 2 is 1.16 bits per heavy atom. The molecule has 0 atom stereocenters. The summed E-state index contributed by atoms with van der Waals surface area (Å²) in [5, 5.41) is 46.9. The number of carbonyl (C=O) groups excluding carboxylic acids is 1. The van der Waals surface area contributed by atoms with E-state index in [2.05, 4.69) is 4.99 Å². The average Bonchev–Trinajstić information content (AvgIpc) is 3.40. The number of fused-ring (bicyclic) bond motifs is 3. The molecule has 0 radical (unpaired) electrons. The summed E-state index contributed by atoms with van der Waals surface area (Å²) in [4.78, 5) is 60.2. The molecule has 5 rings (SSSR count). The lowest BCUT2D eigenvalue weighted by Crippen LogP contribution is -2.06. The van der Waals surface area contributed by atoms with Gasteiger partial charge >= 0.3 is 5.97 Å². The van der Waals surface area contributed by atoms with E-state index in [9.17, 15) is 45.3 Å². The molecular weight excluding hydrogens is 494 g/mol. The van der Waals surface area contributed by atoms with Gasteiger partial charge in [0.2, 0.25) is 5.90 Å². The van der Waals surface area contributed by atoms with Crippen LogP contribution in [-0.2, 0) is 9.53 Å². The Balaban J connectivity index is 1.96. The van der Waals surface area contributed by atoms with E-state index in [4.69, 9.17) is 4.74 Å². The van der Waals surface area contributed by atoms with Gasteiger partial charge < -0.3 is 4.74 Å². The van der Waals surface area contributed by atoms with Crippen LogP contribution in [0, 0.1) is 40.5 Å². The molecule has 0 amide bonds. The number of non-ortho nitro benzene ring substituents is 2. The topological polar surface area (TPSA) is 211 Å². The van der Waals surface area contributed by atoms with Crippen LogP contribution in [0.15, 0.2) is 65.3 Å². The van der Waals surface area contributed by atoms with Crippen molar-refractivity contribution in [3.63, 3.8) is 0 Å². The van der Waals surface area contributed by atoms with Gasteiger partial charge in [-0.1, -0.05) is 18.2 Å². The fourth-order valence-electron chi connectivity index (χ4n) is 4.21. The molecule has 0 unspecified atom stereocenters. The first-order valence-electron chi connectivity index (χ1n) is 10.1. The van der Waals surface area contributed by atoms with Gasteiger partial charge in [-0.2, -0.15) is 0 Å². The zero-order chi connectivity index (χ0) is 26.6. The van der Waals surface area contributed by atoms with E-state index in [0.29, 0.717) is 17.7 Å². The first kappa shape index (κ1) is 22.9. The van der Waals surface area contributed by atoms with Crippen molar-refractivity contribution in [3.8, 4) is 11.1 Å². The van der Waals surface area contributed by atoms with E-state index >= 15 is 0 Å². The second-order valence-corrected chi connectivity index (χ2v) is 7.70. The molecule has 3 aromatic rings. The largest absolute Gasteiger partial charge is 0.402 e. The molecule has 3 aromatic carbocycles. The van der Waals surface area contributed by atoms with Crippen molar-refractivity contribution >= 4 is 40.2 Å². The SMILES string of the molecule is O=C1OC(c2ccccc2)=NC1=C1c2cc([N+](=O)[O-])cc([N+](=O)[O-])c2-c2c1cc([N+](=O)[O-])cc2[N+](=O)[O-]. The molecule has 0 fully saturated rings. The summed E-state index contributed by atoms with van der Waals surface area (Å²) < 4.78 is 5.23. The molecule has 15 heteroatoms. The number of cyclic esters (lactones) is 1. The van der Waals surface area contributed by atoms with E-state index in [1.807, 2.05) is 0 Å². The summed E-state index contributed by atoms with van der Waals surface area (Å²) in [6, 6.07) is 11.1. The van der Waals surface area contributed by atoms with Crippen LogP contribution in [0.1, 0.15) is 16.7 Å². The molecule has 0 saturated heterocycles. The lowest BCUT2D eigenvalue weighted by Gasteiger charge is -2.04. The third-order valence-electron chi connectivity index (χ3n) is 5.66. The molecule has 37 heavy (non-hydrogen) atoms. The van der Waals surface area contributed by atoms with Gasteiger partial charge in [0.1, 0.15) is 0 Å². The lowest BCUT2D eigenvalue weighted by molar-refractivity contribution is -0.395.